The molecule has 2 heterocycles. The fourth-order valence-corrected chi connectivity index (χ4v) is 3.42. The van der Waals surface area contributed by atoms with Crippen molar-refractivity contribution in [1.82, 2.24) is 19.4 Å². The average molecular weight is 409 g/mol. The first-order chi connectivity index (χ1) is 14.0. The van der Waals surface area contributed by atoms with E-state index in [2.05, 4.69) is 15.5 Å². The van der Waals surface area contributed by atoms with Crippen molar-refractivity contribution in [2.75, 3.05) is 5.32 Å². The number of amides is 1. The highest BCUT2D eigenvalue weighted by molar-refractivity contribution is 7.99. The maximum atomic E-state index is 13.0. The van der Waals surface area contributed by atoms with Gasteiger partial charge in [0.1, 0.15) is 17.4 Å². The van der Waals surface area contributed by atoms with Crippen LogP contribution >= 0.6 is 11.8 Å². The summed E-state index contributed by atoms with van der Waals surface area (Å²) in [4.78, 5) is 25.8. The second-order valence-corrected chi connectivity index (χ2v) is 7.45. The number of carbonyl (C=O) groups excluding carboxylic acids is 1. The van der Waals surface area contributed by atoms with E-state index < -0.39 is 17.4 Å². The van der Waals surface area contributed by atoms with Gasteiger partial charge in [-0.15, -0.1) is 5.10 Å². The smallest absolute Gasteiger partial charge is 0.324 e. The number of nitrogens with zero attached hydrogens (tertiary/aromatic N) is 4. The Morgan fingerprint density at radius 1 is 1.03 bits per heavy atom. The van der Waals surface area contributed by atoms with Gasteiger partial charge in [-0.25, -0.2) is 13.9 Å². The molecule has 7 nitrogen and oxygen atoms in total. The van der Waals surface area contributed by atoms with Gasteiger partial charge in [0.05, 0.1) is 0 Å². The van der Waals surface area contributed by atoms with Crippen molar-refractivity contribution in [2.45, 2.75) is 23.4 Å². The van der Waals surface area contributed by atoms with Crippen LogP contribution in [-0.4, -0.2) is 25.3 Å². The third-order valence-electron chi connectivity index (χ3n) is 4.08. The van der Waals surface area contributed by atoms with Crippen molar-refractivity contribution in [3.05, 3.63) is 82.5 Å². The Bertz CT molecular complexity index is 1230. The van der Waals surface area contributed by atoms with Crippen LogP contribution in [0, 0.1) is 12.7 Å². The third kappa shape index (κ3) is 4.35. The standard InChI is InChI=1S/C20H16FN5O2S/c1-13-2-8-16(9-3-13)29-19-11-10-17-23-25(20(28)26(17)24-19)12-18(27)22-15-6-4-14(21)5-7-15/h2-11H,12H2,1H3,(H,22,27). The minimum absolute atomic E-state index is 0.278. The molecule has 4 aromatic rings. The fourth-order valence-electron chi connectivity index (χ4n) is 2.65. The molecule has 0 saturated carbocycles. The molecule has 0 saturated heterocycles. The van der Waals surface area contributed by atoms with Gasteiger partial charge in [0.15, 0.2) is 5.65 Å². The minimum atomic E-state index is -0.513. The predicted molar refractivity (Wildman–Crippen MR) is 108 cm³/mol. The largest absolute Gasteiger partial charge is 0.367 e. The molecule has 2 aromatic heterocycles. The number of aromatic nitrogens is 4. The molecule has 4 rings (SSSR count). The van der Waals surface area contributed by atoms with Crippen molar-refractivity contribution >= 4 is 29.0 Å². The van der Waals surface area contributed by atoms with E-state index in [4.69, 9.17) is 0 Å². The first kappa shape index (κ1) is 18.9. The Labute approximate surface area is 169 Å². The Kier molecular flexibility index (Phi) is 5.13. The lowest BCUT2D eigenvalue weighted by molar-refractivity contribution is -0.117. The van der Waals surface area contributed by atoms with Gasteiger partial charge in [-0.3, -0.25) is 4.79 Å². The molecule has 29 heavy (non-hydrogen) atoms. The average Bonchev–Trinajstić information content (AvgIpc) is 3.01. The topological polar surface area (TPSA) is 81.3 Å². The Morgan fingerprint density at radius 2 is 1.76 bits per heavy atom. The van der Waals surface area contributed by atoms with Crippen molar-refractivity contribution in [3.63, 3.8) is 0 Å². The summed E-state index contributed by atoms with van der Waals surface area (Å²) in [6, 6.07) is 16.8. The summed E-state index contributed by atoms with van der Waals surface area (Å²) in [6.07, 6.45) is 0. The van der Waals surface area contributed by atoms with Gasteiger partial charge in [-0.05, 0) is 55.5 Å². The molecule has 0 unspecified atom stereocenters. The normalized spacial score (nSPS) is 11.0. The number of carbonyl (C=O) groups is 1. The number of anilines is 1. The predicted octanol–water partition coefficient (Wildman–Crippen LogP) is 3.13. The van der Waals surface area contributed by atoms with Gasteiger partial charge in [-0.2, -0.15) is 9.61 Å². The molecule has 9 heteroatoms. The lowest BCUT2D eigenvalue weighted by Crippen LogP contribution is -2.28. The molecule has 0 bridgehead atoms. The third-order valence-corrected chi connectivity index (χ3v) is 5.02. The summed E-state index contributed by atoms with van der Waals surface area (Å²) in [7, 11) is 0. The van der Waals surface area contributed by atoms with Gasteiger partial charge in [-0.1, -0.05) is 29.5 Å². The Balaban J connectivity index is 1.52. The lowest BCUT2D eigenvalue weighted by Gasteiger charge is -2.04. The summed E-state index contributed by atoms with van der Waals surface area (Å²) < 4.78 is 15.2. The first-order valence-corrected chi connectivity index (χ1v) is 9.56. The van der Waals surface area contributed by atoms with Crippen LogP contribution in [0.1, 0.15) is 5.56 Å². The van der Waals surface area contributed by atoms with E-state index in [0.717, 1.165) is 15.1 Å². The summed E-state index contributed by atoms with van der Waals surface area (Å²) in [5.74, 6) is -0.846. The van der Waals surface area contributed by atoms with E-state index in [1.165, 1.54) is 40.5 Å². The molecule has 0 aliphatic carbocycles. The second-order valence-electron chi connectivity index (χ2n) is 6.35. The van der Waals surface area contributed by atoms with Gasteiger partial charge < -0.3 is 5.32 Å². The second kappa shape index (κ2) is 7.88. The molecule has 0 spiro atoms. The quantitative estimate of drug-likeness (QED) is 0.548. The van der Waals surface area contributed by atoms with Crippen molar-refractivity contribution < 1.29 is 9.18 Å². The lowest BCUT2D eigenvalue weighted by atomic mass is 10.2. The minimum Gasteiger partial charge on any atom is -0.324 e. The molecule has 0 radical (unpaired) electrons. The molecule has 2 aromatic carbocycles. The van der Waals surface area contributed by atoms with Gasteiger partial charge in [0.25, 0.3) is 0 Å². The zero-order valence-corrected chi connectivity index (χ0v) is 16.2. The summed E-state index contributed by atoms with van der Waals surface area (Å²) in [6.45, 7) is 1.74. The number of nitrogens with one attached hydrogen (secondary N) is 1. The molecular weight excluding hydrogens is 393 g/mol. The molecular formula is C20H16FN5O2S. The van der Waals surface area contributed by atoms with Crippen LogP contribution in [0.15, 0.2) is 75.4 Å². The number of hydrogen-bond acceptors (Lipinski definition) is 5. The highest BCUT2D eigenvalue weighted by Gasteiger charge is 2.13. The molecule has 0 aliphatic heterocycles. The Hall–Kier alpha value is -3.46. The van der Waals surface area contributed by atoms with Gasteiger partial charge in [0, 0.05) is 10.6 Å². The number of aryl methyl sites for hydroxylation is 1. The molecule has 1 N–H and O–H groups in total. The van der Waals surface area contributed by atoms with Crippen LogP contribution in [0.4, 0.5) is 10.1 Å². The van der Waals surface area contributed by atoms with Crippen LogP contribution in [0.2, 0.25) is 0 Å². The number of halogens is 1. The Morgan fingerprint density at radius 3 is 2.48 bits per heavy atom. The summed E-state index contributed by atoms with van der Waals surface area (Å²) >= 11 is 1.43. The van der Waals surface area contributed by atoms with E-state index in [0.29, 0.717) is 16.4 Å². The highest BCUT2D eigenvalue weighted by Crippen LogP contribution is 2.25. The zero-order chi connectivity index (χ0) is 20.4. The molecule has 0 aliphatic rings. The number of rotatable bonds is 5. The number of benzene rings is 2. The van der Waals surface area contributed by atoms with Gasteiger partial charge >= 0.3 is 5.69 Å². The maximum absolute atomic E-state index is 13.0. The van der Waals surface area contributed by atoms with Crippen LogP contribution in [-0.2, 0) is 11.3 Å². The first-order valence-electron chi connectivity index (χ1n) is 8.75. The van der Waals surface area contributed by atoms with E-state index in [1.807, 2.05) is 31.2 Å². The molecule has 0 fully saturated rings. The van der Waals surface area contributed by atoms with E-state index >= 15 is 0 Å². The van der Waals surface area contributed by atoms with Crippen LogP contribution in [0.3, 0.4) is 0 Å². The van der Waals surface area contributed by atoms with Crippen molar-refractivity contribution in [1.29, 1.82) is 0 Å². The van der Waals surface area contributed by atoms with Crippen molar-refractivity contribution in [2.24, 2.45) is 0 Å². The van der Waals surface area contributed by atoms with Crippen LogP contribution in [0.5, 0.6) is 0 Å². The zero-order valence-electron chi connectivity index (χ0n) is 15.4. The number of fused-ring (bicyclic) bond motifs is 1. The maximum Gasteiger partial charge on any atom is 0.367 e. The molecule has 1 amide bonds. The van der Waals surface area contributed by atoms with Crippen LogP contribution in [0.25, 0.3) is 5.65 Å². The molecule has 0 atom stereocenters. The fraction of sp³-hybridized carbons (Fsp3) is 0.100. The van der Waals surface area contributed by atoms with E-state index in [9.17, 15) is 14.0 Å². The van der Waals surface area contributed by atoms with Crippen molar-refractivity contribution in [3.8, 4) is 0 Å². The highest BCUT2D eigenvalue weighted by atomic mass is 32.2. The monoisotopic (exact) mass is 409 g/mol. The van der Waals surface area contributed by atoms with E-state index in [-0.39, 0.29) is 6.54 Å². The SMILES string of the molecule is Cc1ccc(Sc2ccc3nn(CC(=O)Nc4ccc(F)cc4)c(=O)n3n2)cc1. The van der Waals surface area contributed by atoms with E-state index in [1.54, 1.807) is 12.1 Å². The van der Waals surface area contributed by atoms with Crippen LogP contribution < -0.4 is 11.0 Å². The van der Waals surface area contributed by atoms with Gasteiger partial charge in [0.2, 0.25) is 5.91 Å². The summed E-state index contributed by atoms with van der Waals surface area (Å²) in [5.41, 5.74) is 1.43. The summed E-state index contributed by atoms with van der Waals surface area (Å²) in [5, 5.41) is 11.7. The molecule has 146 valence electrons. The number of hydrogen-bond donors (Lipinski definition) is 1.